The molecule has 0 aromatic carbocycles. The molecule has 4 nitrogen and oxygen atoms in total. The predicted octanol–water partition coefficient (Wildman–Crippen LogP) is 3.10. The highest BCUT2D eigenvalue weighted by molar-refractivity contribution is 5.49. The SMILES string of the molecule is CCCc1nc(NCC)cc(N(CC)CC2CC2)n1. The number of aryl methyl sites for hydroxylation is 1. The molecule has 1 aromatic rings. The van der Waals surface area contributed by atoms with Gasteiger partial charge < -0.3 is 10.2 Å². The second kappa shape index (κ2) is 6.73. The van der Waals surface area contributed by atoms with Crippen LogP contribution >= 0.6 is 0 Å². The Labute approximate surface area is 116 Å². The van der Waals surface area contributed by atoms with Crippen LogP contribution in [0.5, 0.6) is 0 Å². The minimum Gasteiger partial charge on any atom is -0.370 e. The van der Waals surface area contributed by atoms with Gasteiger partial charge in [-0.25, -0.2) is 9.97 Å². The van der Waals surface area contributed by atoms with Gasteiger partial charge in [0, 0.05) is 32.1 Å². The van der Waals surface area contributed by atoms with Crippen LogP contribution in [0.2, 0.25) is 0 Å². The van der Waals surface area contributed by atoms with E-state index in [2.05, 4.69) is 42.0 Å². The maximum atomic E-state index is 4.73. The van der Waals surface area contributed by atoms with E-state index in [0.717, 1.165) is 55.9 Å². The molecule has 0 atom stereocenters. The summed E-state index contributed by atoms with van der Waals surface area (Å²) in [6.45, 7) is 9.54. The smallest absolute Gasteiger partial charge is 0.134 e. The quantitative estimate of drug-likeness (QED) is 0.781. The molecular formula is C15H26N4. The Morgan fingerprint density at radius 2 is 2.05 bits per heavy atom. The van der Waals surface area contributed by atoms with Gasteiger partial charge in [0.05, 0.1) is 0 Å². The highest BCUT2D eigenvalue weighted by Gasteiger charge is 2.24. The van der Waals surface area contributed by atoms with Crippen molar-refractivity contribution in [3.8, 4) is 0 Å². The number of hydrogen-bond acceptors (Lipinski definition) is 4. The number of rotatable bonds is 8. The van der Waals surface area contributed by atoms with E-state index >= 15 is 0 Å². The standard InChI is InChI=1S/C15H26N4/c1-4-7-13-17-14(16-5-2)10-15(18-13)19(6-3)11-12-8-9-12/h10,12H,4-9,11H2,1-3H3,(H,16,17,18). The number of hydrogen-bond donors (Lipinski definition) is 1. The molecule has 1 aromatic heterocycles. The Bertz CT molecular complexity index is 377. The summed E-state index contributed by atoms with van der Waals surface area (Å²) in [6, 6.07) is 2.09. The third kappa shape index (κ3) is 4.08. The van der Waals surface area contributed by atoms with Crippen molar-refractivity contribution in [2.75, 3.05) is 29.9 Å². The number of anilines is 2. The first-order valence-electron chi connectivity index (χ1n) is 7.63. The Morgan fingerprint density at radius 3 is 2.63 bits per heavy atom. The summed E-state index contributed by atoms with van der Waals surface area (Å²) in [7, 11) is 0. The van der Waals surface area contributed by atoms with E-state index in [1.165, 1.54) is 12.8 Å². The largest absolute Gasteiger partial charge is 0.370 e. The van der Waals surface area contributed by atoms with Crippen LogP contribution < -0.4 is 10.2 Å². The molecular weight excluding hydrogens is 236 g/mol. The lowest BCUT2D eigenvalue weighted by Crippen LogP contribution is -2.27. The van der Waals surface area contributed by atoms with Crippen molar-refractivity contribution in [3.05, 3.63) is 11.9 Å². The van der Waals surface area contributed by atoms with Crippen LogP contribution in [0.15, 0.2) is 6.07 Å². The zero-order valence-electron chi connectivity index (χ0n) is 12.4. The van der Waals surface area contributed by atoms with Gasteiger partial charge in [-0.05, 0) is 39.0 Å². The molecule has 1 fully saturated rings. The van der Waals surface area contributed by atoms with Gasteiger partial charge in [-0.15, -0.1) is 0 Å². The van der Waals surface area contributed by atoms with E-state index in [4.69, 9.17) is 4.98 Å². The van der Waals surface area contributed by atoms with Crippen LogP contribution in [0.3, 0.4) is 0 Å². The Hall–Kier alpha value is -1.32. The normalized spacial score (nSPS) is 14.5. The summed E-state index contributed by atoms with van der Waals surface area (Å²) in [5.41, 5.74) is 0. The molecule has 1 heterocycles. The van der Waals surface area contributed by atoms with E-state index in [1.54, 1.807) is 0 Å². The summed E-state index contributed by atoms with van der Waals surface area (Å²) in [5.74, 6) is 3.89. The van der Waals surface area contributed by atoms with Crippen LogP contribution in [-0.2, 0) is 6.42 Å². The topological polar surface area (TPSA) is 41.1 Å². The first-order valence-corrected chi connectivity index (χ1v) is 7.63. The zero-order valence-corrected chi connectivity index (χ0v) is 12.4. The highest BCUT2D eigenvalue weighted by atomic mass is 15.2. The second-order valence-corrected chi connectivity index (χ2v) is 5.29. The summed E-state index contributed by atoms with van der Waals surface area (Å²) in [5, 5.41) is 3.32. The van der Waals surface area contributed by atoms with E-state index < -0.39 is 0 Å². The van der Waals surface area contributed by atoms with Gasteiger partial charge in [0.2, 0.25) is 0 Å². The molecule has 1 saturated carbocycles. The minimum atomic E-state index is 0.882. The number of nitrogens with one attached hydrogen (secondary N) is 1. The van der Waals surface area contributed by atoms with E-state index in [1.807, 2.05) is 0 Å². The first-order chi connectivity index (χ1) is 9.26. The van der Waals surface area contributed by atoms with Crippen molar-refractivity contribution in [2.45, 2.75) is 46.5 Å². The van der Waals surface area contributed by atoms with E-state index in [9.17, 15) is 0 Å². The highest BCUT2D eigenvalue weighted by Crippen LogP contribution is 2.31. The molecule has 0 unspecified atom stereocenters. The summed E-state index contributed by atoms with van der Waals surface area (Å²) < 4.78 is 0. The maximum Gasteiger partial charge on any atom is 0.134 e. The van der Waals surface area contributed by atoms with Gasteiger partial charge in [-0.1, -0.05) is 6.92 Å². The molecule has 1 N–H and O–H groups in total. The Balaban J connectivity index is 2.19. The predicted molar refractivity (Wildman–Crippen MR) is 80.8 cm³/mol. The van der Waals surface area contributed by atoms with E-state index in [0.29, 0.717) is 0 Å². The summed E-state index contributed by atoms with van der Waals surface area (Å²) >= 11 is 0. The van der Waals surface area contributed by atoms with Crippen LogP contribution in [0.25, 0.3) is 0 Å². The number of nitrogens with zero attached hydrogens (tertiary/aromatic N) is 3. The lowest BCUT2D eigenvalue weighted by molar-refractivity contribution is 0.722. The fraction of sp³-hybridized carbons (Fsp3) is 0.733. The van der Waals surface area contributed by atoms with Gasteiger partial charge >= 0.3 is 0 Å². The van der Waals surface area contributed by atoms with Gasteiger partial charge in [0.1, 0.15) is 17.5 Å². The van der Waals surface area contributed by atoms with Crippen LogP contribution in [-0.4, -0.2) is 29.6 Å². The Morgan fingerprint density at radius 1 is 1.26 bits per heavy atom. The van der Waals surface area contributed by atoms with Crippen LogP contribution in [0, 0.1) is 5.92 Å². The molecule has 2 rings (SSSR count). The molecule has 1 aliphatic carbocycles. The van der Waals surface area contributed by atoms with Gasteiger partial charge in [0.15, 0.2) is 0 Å². The molecule has 0 aliphatic heterocycles. The van der Waals surface area contributed by atoms with Gasteiger partial charge in [-0.2, -0.15) is 0 Å². The average Bonchev–Trinajstić information content (AvgIpc) is 3.20. The molecule has 0 spiro atoms. The molecule has 106 valence electrons. The first kappa shape index (κ1) is 14.1. The molecule has 0 saturated heterocycles. The molecule has 0 radical (unpaired) electrons. The van der Waals surface area contributed by atoms with Crippen molar-refractivity contribution in [1.82, 2.24) is 9.97 Å². The van der Waals surface area contributed by atoms with Crippen molar-refractivity contribution < 1.29 is 0 Å². The lowest BCUT2D eigenvalue weighted by atomic mass is 10.3. The van der Waals surface area contributed by atoms with Gasteiger partial charge in [-0.3, -0.25) is 0 Å². The Kier molecular flexibility index (Phi) is 5.00. The molecule has 0 amide bonds. The molecule has 1 aliphatic rings. The molecule has 19 heavy (non-hydrogen) atoms. The van der Waals surface area contributed by atoms with Gasteiger partial charge in [0.25, 0.3) is 0 Å². The number of aromatic nitrogens is 2. The van der Waals surface area contributed by atoms with Crippen molar-refractivity contribution in [3.63, 3.8) is 0 Å². The van der Waals surface area contributed by atoms with E-state index in [-0.39, 0.29) is 0 Å². The van der Waals surface area contributed by atoms with Crippen molar-refractivity contribution in [1.29, 1.82) is 0 Å². The summed E-state index contributed by atoms with van der Waals surface area (Å²) in [6.07, 6.45) is 4.80. The maximum absolute atomic E-state index is 4.73. The second-order valence-electron chi connectivity index (χ2n) is 5.29. The fourth-order valence-corrected chi connectivity index (χ4v) is 2.25. The van der Waals surface area contributed by atoms with Crippen molar-refractivity contribution >= 4 is 11.6 Å². The van der Waals surface area contributed by atoms with Crippen LogP contribution in [0.4, 0.5) is 11.6 Å². The van der Waals surface area contributed by atoms with Crippen molar-refractivity contribution in [2.24, 2.45) is 5.92 Å². The third-order valence-electron chi connectivity index (χ3n) is 3.47. The molecule has 4 heteroatoms. The monoisotopic (exact) mass is 262 g/mol. The third-order valence-corrected chi connectivity index (χ3v) is 3.47. The minimum absolute atomic E-state index is 0.882. The zero-order chi connectivity index (χ0) is 13.7. The average molecular weight is 262 g/mol. The lowest BCUT2D eigenvalue weighted by Gasteiger charge is -2.23. The van der Waals surface area contributed by atoms with Crippen LogP contribution in [0.1, 0.15) is 45.9 Å². The fourth-order valence-electron chi connectivity index (χ4n) is 2.25. The molecule has 0 bridgehead atoms. The summed E-state index contributed by atoms with van der Waals surface area (Å²) in [4.78, 5) is 11.7.